The number of rotatable bonds is 1. The van der Waals surface area contributed by atoms with E-state index in [0.29, 0.717) is 0 Å². The van der Waals surface area contributed by atoms with Crippen LogP contribution in [0.4, 0.5) is 0 Å². The van der Waals surface area contributed by atoms with Gasteiger partial charge in [0, 0.05) is 21.0 Å². The van der Waals surface area contributed by atoms with Crippen molar-refractivity contribution in [2.75, 3.05) is 0 Å². The van der Waals surface area contributed by atoms with Crippen LogP contribution in [0.1, 0.15) is 0 Å². The van der Waals surface area contributed by atoms with Gasteiger partial charge >= 0.3 is 0 Å². The van der Waals surface area contributed by atoms with Crippen LogP contribution in [0.15, 0.2) is 105 Å². The number of hydrogen-bond acceptors (Lipinski definition) is 2. The molecule has 0 spiro atoms. The monoisotopic (exact) mass is 470 g/mol. The SMILES string of the molecule is C[Si@H]1c2ccccc2Sc2ccc(-c3ccc4c(c3)[Si@H](C)c3ccccc3[S+]4[O-])cc21. The molecule has 0 aromatic heterocycles. The van der Waals surface area contributed by atoms with Gasteiger partial charge in [0.1, 0.15) is 17.6 Å². The summed E-state index contributed by atoms with van der Waals surface area (Å²) in [5, 5.41) is 5.75. The van der Waals surface area contributed by atoms with Crippen LogP contribution in [0.5, 0.6) is 0 Å². The van der Waals surface area contributed by atoms with Crippen molar-refractivity contribution in [3.63, 3.8) is 0 Å². The fraction of sp³-hybridized carbons (Fsp3) is 0.0769. The van der Waals surface area contributed by atoms with Crippen molar-refractivity contribution in [3.05, 3.63) is 84.9 Å². The summed E-state index contributed by atoms with van der Waals surface area (Å²) >= 11 is 0.838. The van der Waals surface area contributed by atoms with Gasteiger partial charge in [-0.05, 0) is 62.2 Å². The Labute approximate surface area is 193 Å². The summed E-state index contributed by atoms with van der Waals surface area (Å²) in [6, 6.07) is 30.8. The Balaban J connectivity index is 1.43. The van der Waals surface area contributed by atoms with E-state index in [1.165, 1.54) is 36.5 Å². The molecular weight excluding hydrogens is 449 g/mol. The molecule has 0 amide bonds. The second-order valence-corrected chi connectivity index (χ2v) is 16.3. The molecular formula is C26H22OS2Si2. The van der Waals surface area contributed by atoms with Crippen molar-refractivity contribution in [2.45, 2.75) is 32.7 Å². The van der Waals surface area contributed by atoms with Gasteiger partial charge in [0.15, 0.2) is 9.79 Å². The first-order chi connectivity index (χ1) is 15.1. The molecule has 31 heavy (non-hydrogen) atoms. The normalized spacial score (nSPS) is 20.9. The highest BCUT2D eigenvalue weighted by molar-refractivity contribution is 8.00. The van der Waals surface area contributed by atoms with Crippen molar-refractivity contribution in [2.24, 2.45) is 0 Å². The molecule has 3 atom stereocenters. The van der Waals surface area contributed by atoms with E-state index in [2.05, 4.69) is 85.9 Å². The molecule has 0 fully saturated rings. The molecule has 2 aliphatic heterocycles. The van der Waals surface area contributed by atoms with Crippen molar-refractivity contribution in [1.82, 2.24) is 0 Å². The largest absolute Gasteiger partial charge is 0.606 e. The first-order valence-electron chi connectivity index (χ1n) is 10.7. The van der Waals surface area contributed by atoms with Crippen molar-refractivity contribution in [3.8, 4) is 11.1 Å². The lowest BCUT2D eigenvalue weighted by Gasteiger charge is -2.27. The minimum Gasteiger partial charge on any atom is -0.606 e. The molecule has 1 unspecified atom stereocenters. The third-order valence-electron chi connectivity index (χ3n) is 6.68. The molecule has 2 heterocycles. The lowest BCUT2D eigenvalue weighted by molar-refractivity contribution is 0.596. The Morgan fingerprint density at radius 3 is 2.03 bits per heavy atom. The van der Waals surface area contributed by atoms with Crippen molar-refractivity contribution >= 4 is 61.3 Å². The number of hydrogen-bond donors (Lipinski definition) is 0. The molecule has 0 saturated heterocycles. The van der Waals surface area contributed by atoms with Gasteiger partial charge in [0.2, 0.25) is 0 Å². The van der Waals surface area contributed by atoms with Gasteiger partial charge in [0.05, 0.1) is 0 Å². The molecule has 1 nitrogen and oxygen atoms in total. The molecule has 0 saturated carbocycles. The van der Waals surface area contributed by atoms with Gasteiger partial charge in [-0.2, -0.15) is 0 Å². The van der Waals surface area contributed by atoms with Gasteiger partial charge in [-0.1, -0.05) is 79.5 Å². The predicted molar refractivity (Wildman–Crippen MR) is 138 cm³/mol. The van der Waals surface area contributed by atoms with E-state index < -0.39 is 28.8 Å². The highest BCUT2D eigenvalue weighted by atomic mass is 32.2. The second kappa shape index (κ2) is 7.53. The highest BCUT2D eigenvalue weighted by Crippen LogP contribution is 2.32. The summed E-state index contributed by atoms with van der Waals surface area (Å²) in [6.07, 6.45) is 0. The van der Waals surface area contributed by atoms with Gasteiger partial charge in [-0.25, -0.2) is 0 Å². The molecule has 4 aromatic rings. The lowest BCUT2D eigenvalue weighted by atomic mass is 10.1. The predicted octanol–water partition coefficient (Wildman–Crippen LogP) is 3.24. The molecule has 6 rings (SSSR count). The summed E-state index contributed by atoms with van der Waals surface area (Å²) < 4.78 is 13.2. The van der Waals surface area contributed by atoms with Crippen LogP contribution in [-0.2, 0) is 11.2 Å². The van der Waals surface area contributed by atoms with Crippen molar-refractivity contribution in [1.29, 1.82) is 0 Å². The lowest BCUT2D eigenvalue weighted by Crippen LogP contribution is -2.48. The fourth-order valence-corrected chi connectivity index (χ4v) is 14.5. The molecule has 2 aliphatic rings. The first-order valence-corrected chi connectivity index (χ1v) is 17.3. The minimum absolute atomic E-state index is 1.02. The Kier molecular flexibility index (Phi) is 4.77. The first kappa shape index (κ1) is 19.6. The molecule has 0 bridgehead atoms. The number of fused-ring (bicyclic) bond motifs is 4. The van der Waals surface area contributed by atoms with Crippen LogP contribution < -0.4 is 20.7 Å². The van der Waals surface area contributed by atoms with Crippen molar-refractivity contribution < 1.29 is 4.55 Å². The minimum atomic E-state index is -1.35. The summed E-state index contributed by atoms with van der Waals surface area (Å²) in [5.41, 5.74) is 2.54. The Hall–Kier alpha value is -2.03. The van der Waals surface area contributed by atoms with E-state index >= 15 is 0 Å². The maximum absolute atomic E-state index is 13.2. The van der Waals surface area contributed by atoms with Gasteiger partial charge in [-0.15, -0.1) is 0 Å². The van der Waals surface area contributed by atoms with Gasteiger partial charge in [-0.3, -0.25) is 0 Å². The average molecular weight is 471 g/mol. The molecule has 0 aliphatic carbocycles. The van der Waals surface area contributed by atoms with E-state index in [9.17, 15) is 4.55 Å². The maximum atomic E-state index is 13.2. The second-order valence-electron chi connectivity index (χ2n) is 8.40. The quantitative estimate of drug-likeness (QED) is 0.315. The van der Waals surface area contributed by atoms with Crippen LogP contribution >= 0.6 is 11.8 Å². The topological polar surface area (TPSA) is 23.1 Å². The summed E-state index contributed by atoms with van der Waals surface area (Å²) in [6.45, 7) is 4.82. The molecule has 5 heteroatoms. The zero-order valence-corrected chi connectivity index (χ0v) is 21.4. The third-order valence-corrected chi connectivity index (χ3v) is 15.9. The summed E-state index contributed by atoms with van der Waals surface area (Å²) in [7, 11) is -2.54. The Morgan fingerprint density at radius 2 is 1.19 bits per heavy atom. The maximum Gasteiger partial charge on any atom is 0.157 e. The van der Waals surface area contributed by atoms with E-state index in [0.717, 1.165) is 9.79 Å². The smallest absolute Gasteiger partial charge is 0.157 e. The molecule has 152 valence electrons. The Morgan fingerprint density at radius 1 is 0.613 bits per heavy atom. The van der Waals surface area contributed by atoms with E-state index in [1.807, 2.05) is 23.9 Å². The fourth-order valence-electron chi connectivity index (χ4n) is 4.90. The zero-order chi connectivity index (χ0) is 21.1. The third kappa shape index (κ3) is 3.10. The van der Waals surface area contributed by atoms with Gasteiger partial charge < -0.3 is 4.55 Å². The molecule has 4 aromatic carbocycles. The van der Waals surface area contributed by atoms with Crippen LogP contribution in [0.25, 0.3) is 11.1 Å². The van der Waals surface area contributed by atoms with Gasteiger partial charge in [0.25, 0.3) is 0 Å². The summed E-state index contributed by atoms with van der Waals surface area (Å²) in [5.74, 6) is 0. The van der Waals surface area contributed by atoms with E-state index in [1.54, 1.807) is 5.19 Å². The molecule has 0 radical (unpaired) electrons. The van der Waals surface area contributed by atoms with Crippen LogP contribution in [0.2, 0.25) is 13.1 Å². The molecule has 0 N–H and O–H groups in total. The highest BCUT2D eigenvalue weighted by Gasteiger charge is 2.34. The Bertz CT molecular complexity index is 1340. The van der Waals surface area contributed by atoms with Crippen LogP contribution in [0, 0.1) is 0 Å². The van der Waals surface area contributed by atoms with Crippen LogP contribution in [0.3, 0.4) is 0 Å². The van der Waals surface area contributed by atoms with Crippen LogP contribution in [-0.4, -0.2) is 22.1 Å². The summed E-state index contributed by atoms with van der Waals surface area (Å²) in [4.78, 5) is 4.88. The van der Waals surface area contributed by atoms with E-state index in [4.69, 9.17) is 0 Å². The standard InChI is InChI=1S/C26H22OS2Si2/c1-30-23-9-5-3-7-19(23)28-20-13-11-17(15-25(20)30)18-12-14-22-26(16-18)31(2)24-10-6-4-8-21(24)29(22)27/h3-16,30-31H,1-2H3/t29?,30-,31+/m0/s1. The zero-order valence-electron chi connectivity index (χ0n) is 17.5. The van der Waals surface area contributed by atoms with E-state index in [-0.39, 0.29) is 0 Å². The number of benzene rings is 4. The average Bonchev–Trinajstić information content (AvgIpc) is 2.82.